The predicted molar refractivity (Wildman–Crippen MR) is 311 cm³/mol. The van der Waals surface area contributed by atoms with Crippen molar-refractivity contribution in [1.82, 2.24) is 0 Å². The molecule has 0 aliphatic carbocycles. The zero-order chi connectivity index (χ0) is 52.2. The number of hydrogen-bond acceptors (Lipinski definition) is 6. The normalized spacial score (nSPS) is 12.5. The second-order valence-electron chi connectivity index (χ2n) is 20.6. The van der Waals surface area contributed by atoms with Crippen molar-refractivity contribution < 1.29 is 28.6 Å². The molecule has 0 fully saturated rings. The molecule has 0 N–H and O–H groups in total. The van der Waals surface area contributed by atoms with Crippen LogP contribution >= 0.6 is 0 Å². The van der Waals surface area contributed by atoms with Crippen LogP contribution in [-0.4, -0.2) is 37.2 Å². The molecule has 0 rings (SSSR count). The van der Waals surface area contributed by atoms with Crippen molar-refractivity contribution in [3.63, 3.8) is 0 Å². The molecule has 0 aromatic heterocycles. The van der Waals surface area contributed by atoms with Crippen molar-refractivity contribution in [2.75, 3.05) is 13.2 Å². The highest BCUT2D eigenvalue weighted by Gasteiger charge is 2.19. The Kier molecular flexibility index (Phi) is 57.8. The van der Waals surface area contributed by atoms with Crippen LogP contribution in [0.4, 0.5) is 0 Å². The van der Waals surface area contributed by atoms with Gasteiger partial charge in [-0.25, -0.2) is 0 Å². The van der Waals surface area contributed by atoms with E-state index >= 15 is 0 Å². The Morgan fingerprint density at radius 1 is 0.306 bits per heavy atom. The third-order valence-electron chi connectivity index (χ3n) is 13.5. The molecule has 0 aromatic rings. The van der Waals surface area contributed by atoms with E-state index in [1.54, 1.807) is 6.08 Å². The molecule has 6 heteroatoms. The summed E-state index contributed by atoms with van der Waals surface area (Å²) >= 11 is 0. The van der Waals surface area contributed by atoms with Gasteiger partial charge in [-0.15, -0.1) is 0 Å². The average Bonchev–Trinajstić information content (AvgIpc) is 3.38. The zero-order valence-electron chi connectivity index (χ0n) is 47.7. The maximum Gasteiger partial charge on any atom is 0.310 e. The summed E-state index contributed by atoms with van der Waals surface area (Å²) in [5, 5.41) is 0. The quantitative estimate of drug-likeness (QED) is 0.0261. The lowest BCUT2D eigenvalue weighted by Crippen LogP contribution is -2.30. The largest absolute Gasteiger partial charge is 0.462 e. The molecule has 72 heavy (non-hydrogen) atoms. The van der Waals surface area contributed by atoms with E-state index in [9.17, 15) is 14.4 Å². The molecule has 0 aliphatic heterocycles. The van der Waals surface area contributed by atoms with Gasteiger partial charge in [0.2, 0.25) is 0 Å². The monoisotopic (exact) mass is 1000 g/mol. The fourth-order valence-electron chi connectivity index (χ4n) is 8.87. The van der Waals surface area contributed by atoms with E-state index in [0.29, 0.717) is 12.8 Å². The molecular weight excluding hydrogens is 889 g/mol. The molecular formula is C66H116O6. The van der Waals surface area contributed by atoms with Crippen LogP contribution in [0.15, 0.2) is 72.9 Å². The van der Waals surface area contributed by atoms with Gasteiger partial charge < -0.3 is 14.2 Å². The van der Waals surface area contributed by atoms with Crippen molar-refractivity contribution in [3.05, 3.63) is 72.9 Å². The van der Waals surface area contributed by atoms with Gasteiger partial charge in [0.05, 0.1) is 6.42 Å². The lowest BCUT2D eigenvalue weighted by atomic mass is 10.0. The molecule has 0 aliphatic rings. The van der Waals surface area contributed by atoms with Crippen molar-refractivity contribution in [2.24, 2.45) is 0 Å². The van der Waals surface area contributed by atoms with Gasteiger partial charge in [0.25, 0.3) is 0 Å². The summed E-state index contributed by atoms with van der Waals surface area (Å²) in [5.74, 6) is -1.04. The summed E-state index contributed by atoms with van der Waals surface area (Å²) in [7, 11) is 0. The van der Waals surface area contributed by atoms with Crippen LogP contribution in [0.3, 0.4) is 0 Å². The summed E-state index contributed by atoms with van der Waals surface area (Å²) < 4.78 is 16.7. The maximum atomic E-state index is 12.7. The molecule has 0 amide bonds. The van der Waals surface area contributed by atoms with E-state index < -0.39 is 12.1 Å². The number of allylic oxidation sites excluding steroid dienone is 11. The number of carbonyl (C=O) groups excluding carboxylic acids is 3. The average molecular weight is 1010 g/mol. The van der Waals surface area contributed by atoms with Gasteiger partial charge in [-0.3, -0.25) is 14.4 Å². The molecule has 0 saturated heterocycles. The Morgan fingerprint density at radius 3 is 0.903 bits per heavy atom. The summed E-state index contributed by atoms with van der Waals surface area (Å²) in [6.07, 6.45) is 78.3. The third kappa shape index (κ3) is 57.7. The lowest BCUT2D eigenvalue weighted by molar-refractivity contribution is -0.166. The Balaban J connectivity index is 4.09. The number of hydrogen-bond donors (Lipinski definition) is 0. The fraction of sp³-hybridized carbons (Fsp3) is 0.773. The van der Waals surface area contributed by atoms with E-state index in [2.05, 4.69) is 81.5 Å². The van der Waals surface area contributed by atoms with E-state index in [1.165, 1.54) is 199 Å². The fourth-order valence-corrected chi connectivity index (χ4v) is 8.87. The van der Waals surface area contributed by atoms with Gasteiger partial charge in [0, 0.05) is 12.8 Å². The van der Waals surface area contributed by atoms with Crippen LogP contribution in [0, 0.1) is 0 Å². The summed E-state index contributed by atoms with van der Waals surface area (Å²) in [5.41, 5.74) is 0. The van der Waals surface area contributed by atoms with Gasteiger partial charge in [0.1, 0.15) is 13.2 Å². The zero-order valence-corrected chi connectivity index (χ0v) is 47.7. The second kappa shape index (κ2) is 60.4. The first-order chi connectivity index (χ1) is 35.5. The molecule has 0 aromatic carbocycles. The Hall–Kier alpha value is -3.15. The SMILES string of the molecule is CC/C=C\C/C=C\C/C=C\C/C=C\C/C=C\CC(=O)OC(COC(=O)CCCCCCCCCC)COC(=O)CCCCCCCCCCCCCCCCCCCCC/C=C\CCCCCCCCCC. The van der Waals surface area contributed by atoms with Crippen LogP contribution in [0.2, 0.25) is 0 Å². The topological polar surface area (TPSA) is 78.9 Å². The Morgan fingerprint density at radius 2 is 0.583 bits per heavy atom. The lowest BCUT2D eigenvalue weighted by Gasteiger charge is -2.18. The van der Waals surface area contributed by atoms with Gasteiger partial charge in [-0.2, -0.15) is 0 Å². The number of rotatable bonds is 56. The number of unbranched alkanes of at least 4 members (excludes halogenated alkanes) is 34. The van der Waals surface area contributed by atoms with Gasteiger partial charge in [-0.1, -0.05) is 293 Å². The highest BCUT2D eigenvalue weighted by Crippen LogP contribution is 2.17. The summed E-state index contributed by atoms with van der Waals surface area (Å²) in [4.78, 5) is 37.9. The highest BCUT2D eigenvalue weighted by molar-refractivity contribution is 5.72. The maximum absolute atomic E-state index is 12.7. The molecule has 0 spiro atoms. The second-order valence-corrected chi connectivity index (χ2v) is 20.6. The van der Waals surface area contributed by atoms with Crippen LogP contribution in [-0.2, 0) is 28.6 Å². The van der Waals surface area contributed by atoms with Crippen LogP contribution < -0.4 is 0 Å². The molecule has 416 valence electrons. The molecule has 0 radical (unpaired) electrons. The van der Waals surface area contributed by atoms with E-state index in [-0.39, 0.29) is 31.6 Å². The first kappa shape index (κ1) is 68.8. The summed E-state index contributed by atoms with van der Waals surface area (Å²) in [6, 6.07) is 0. The minimum Gasteiger partial charge on any atom is -0.462 e. The first-order valence-electron chi connectivity index (χ1n) is 30.9. The molecule has 1 unspecified atom stereocenters. The van der Waals surface area contributed by atoms with E-state index in [0.717, 1.165) is 70.6 Å². The van der Waals surface area contributed by atoms with Gasteiger partial charge in [-0.05, 0) is 70.6 Å². The van der Waals surface area contributed by atoms with Crippen LogP contribution in [0.5, 0.6) is 0 Å². The number of esters is 3. The molecule has 6 nitrogen and oxygen atoms in total. The van der Waals surface area contributed by atoms with Gasteiger partial charge >= 0.3 is 17.9 Å². The Bertz CT molecular complexity index is 1340. The van der Waals surface area contributed by atoms with Gasteiger partial charge in [0.15, 0.2) is 6.10 Å². The molecule has 0 bridgehead atoms. The molecule has 0 heterocycles. The van der Waals surface area contributed by atoms with Crippen molar-refractivity contribution >= 4 is 17.9 Å². The standard InChI is InChI=1S/C66H116O6/c1-4-7-10-13-16-19-21-23-25-26-27-28-29-30-31-32-33-34-35-36-37-38-39-40-42-43-45-47-50-53-56-59-65(68)71-62-63(61-70-64(67)58-55-52-49-18-15-12-9-6-3)72-66(69)60-57-54-51-48-46-44-41-24-22-20-17-14-11-8-5-2/h8,11,17,20,24,26-27,41,46,48,54,57,63H,4-7,9-10,12-16,18-19,21-23,25,28-40,42-45,47,49-53,55-56,58-62H2,1-3H3/b11-8-,20-17-,27-26-,41-24-,48-46-,57-54-. The summed E-state index contributed by atoms with van der Waals surface area (Å²) in [6.45, 7) is 6.43. The van der Waals surface area contributed by atoms with Crippen LogP contribution in [0.25, 0.3) is 0 Å². The van der Waals surface area contributed by atoms with E-state index in [4.69, 9.17) is 14.2 Å². The Labute approximate surface area is 446 Å². The minimum absolute atomic E-state index is 0.0999. The number of carbonyl (C=O) groups is 3. The first-order valence-corrected chi connectivity index (χ1v) is 30.9. The van der Waals surface area contributed by atoms with Crippen molar-refractivity contribution in [1.29, 1.82) is 0 Å². The smallest absolute Gasteiger partial charge is 0.310 e. The van der Waals surface area contributed by atoms with Crippen LogP contribution in [0.1, 0.15) is 310 Å². The van der Waals surface area contributed by atoms with E-state index in [1.807, 2.05) is 6.08 Å². The minimum atomic E-state index is -0.825. The highest BCUT2D eigenvalue weighted by atomic mass is 16.6. The molecule has 1 atom stereocenters. The van der Waals surface area contributed by atoms with Crippen molar-refractivity contribution in [2.45, 2.75) is 316 Å². The number of ether oxygens (including phenoxy) is 3. The molecule has 0 saturated carbocycles. The van der Waals surface area contributed by atoms with Crippen molar-refractivity contribution in [3.8, 4) is 0 Å². The third-order valence-corrected chi connectivity index (χ3v) is 13.5. The predicted octanol–water partition coefficient (Wildman–Crippen LogP) is 20.9.